The first-order valence-corrected chi connectivity index (χ1v) is 13.3. The lowest BCUT2D eigenvalue weighted by Gasteiger charge is -2.54. The number of ether oxygens (including phenoxy) is 3. The lowest BCUT2D eigenvalue weighted by atomic mass is 9.51. The number of allylic oxidation sites excluding steroid dienone is 2. The van der Waals surface area contributed by atoms with Crippen molar-refractivity contribution in [2.24, 2.45) is 5.41 Å². The van der Waals surface area contributed by atoms with Gasteiger partial charge in [-0.25, -0.2) is 0 Å². The highest BCUT2D eigenvalue weighted by Gasteiger charge is 2.48. The van der Waals surface area contributed by atoms with E-state index in [9.17, 15) is 0 Å². The van der Waals surface area contributed by atoms with E-state index in [0.29, 0.717) is 24.0 Å². The Bertz CT molecular complexity index is 690. The maximum atomic E-state index is 6.10. The predicted molar refractivity (Wildman–Crippen MR) is 131 cm³/mol. The van der Waals surface area contributed by atoms with Gasteiger partial charge in [0, 0.05) is 0 Å². The predicted octanol–water partition coefficient (Wildman–Crippen LogP) is 7.65. The van der Waals surface area contributed by atoms with Crippen LogP contribution in [-0.2, 0) is 19.6 Å². The van der Waals surface area contributed by atoms with Crippen molar-refractivity contribution >= 4 is 0 Å². The molecule has 32 heavy (non-hydrogen) atoms. The summed E-state index contributed by atoms with van der Waals surface area (Å²) < 4.78 is 17.8. The molecule has 1 aromatic rings. The molecule has 0 amide bonds. The van der Waals surface area contributed by atoms with Crippen molar-refractivity contribution in [2.75, 3.05) is 19.8 Å². The second kappa shape index (κ2) is 11.3. The van der Waals surface area contributed by atoms with Crippen molar-refractivity contribution in [2.45, 2.75) is 109 Å². The van der Waals surface area contributed by atoms with E-state index in [1.54, 1.807) is 5.56 Å². The molecule has 0 aromatic heterocycles. The van der Waals surface area contributed by atoms with Crippen molar-refractivity contribution in [3.05, 3.63) is 47.5 Å². The summed E-state index contributed by atoms with van der Waals surface area (Å²) in [5, 5.41) is 0. The van der Waals surface area contributed by atoms with Gasteiger partial charge in [-0.3, -0.25) is 0 Å². The summed E-state index contributed by atoms with van der Waals surface area (Å²) in [5.74, 6) is 0. The fraction of sp³-hybridized carbons (Fsp3) is 0.724. The molecule has 178 valence electrons. The molecule has 2 atom stereocenters. The van der Waals surface area contributed by atoms with Crippen LogP contribution in [0.4, 0.5) is 0 Å². The van der Waals surface area contributed by atoms with Crippen molar-refractivity contribution < 1.29 is 14.2 Å². The fourth-order valence-corrected chi connectivity index (χ4v) is 6.23. The number of unbranched alkanes of at least 4 members (excludes halogenated alkanes) is 3. The molecule has 1 aromatic carbocycles. The number of hydrogen-bond acceptors (Lipinski definition) is 3. The second-order valence-corrected chi connectivity index (χ2v) is 10.5. The summed E-state index contributed by atoms with van der Waals surface area (Å²) in [6.07, 6.45) is 20.2. The van der Waals surface area contributed by atoms with Crippen molar-refractivity contribution in [1.29, 1.82) is 0 Å². The van der Waals surface area contributed by atoms with Gasteiger partial charge in [-0.05, 0) is 86.7 Å². The van der Waals surface area contributed by atoms with E-state index in [2.05, 4.69) is 50.3 Å². The van der Waals surface area contributed by atoms with Gasteiger partial charge in [-0.15, -0.1) is 0 Å². The highest BCUT2D eigenvalue weighted by molar-refractivity contribution is 5.32. The molecule has 3 heteroatoms. The second-order valence-electron chi connectivity index (χ2n) is 10.5. The number of benzene rings is 1. The van der Waals surface area contributed by atoms with E-state index in [0.717, 1.165) is 19.4 Å². The molecule has 1 aliphatic heterocycles. The maximum absolute atomic E-state index is 6.10. The van der Waals surface area contributed by atoms with E-state index < -0.39 is 0 Å². The normalized spacial score (nSPS) is 32.6. The topological polar surface area (TPSA) is 27.7 Å². The van der Waals surface area contributed by atoms with Crippen LogP contribution in [0.3, 0.4) is 0 Å². The minimum Gasteiger partial charge on any atom is -0.366 e. The van der Waals surface area contributed by atoms with Crippen LogP contribution < -0.4 is 0 Å². The van der Waals surface area contributed by atoms with Gasteiger partial charge >= 0.3 is 0 Å². The minimum absolute atomic E-state index is 0.0216. The van der Waals surface area contributed by atoms with E-state index in [1.165, 1.54) is 69.8 Å². The van der Waals surface area contributed by atoms with Gasteiger partial charge in [0.25, 0.3) is 0 Å². The van der Waals surface area contributed by atoms with E-state index in [-0.39, 0.29) is 12.4 Å². The molecular formula is C29H44O3. The van der Waals surface area contributed by atoms with Crippen LogP contribution in [0.25, 0.3) is 0 Å². The molecule has 2 unspecified atom stereocenters. The lowest BCUT2D eigenvalue weighted by Crippen LogP contribution is -2.44. The monoisotopic (exact) mass is 440 g/mol. The first-order chi connectivity index (χ1) is 15.7. The molecule has 5 rings (SSSR count). The van der Waals surface area contributed by atoms with Gasteiger partial charge in [0.05, 0.1) is 19.8 Å². The molecule has 1 heterocycles. The number of hydrogen-bond donors (Lipinski definition) is 0. The summed E-state index contributed by atoms with van der Waals surface area (Å²) in [6, 6.07) is 9.35. The lowest BCUT2D eigenvalue weighted by molar-refractivity contribution is -0.236. The Balaban J connectivity index is 1.25. The fourth-order valence-electron chi connectivity index (χ4n) is 6.23. The average Bonchev–Trinajstić information content (AvgIpc) is 2.86. The third kappa shape index (κ3) is 5.66. The average molecular weight is 441 g/mol. The maximum Gasteiger partial charge on any atom is 0.180 e. The molecule has 2 bridgehead atoms. The molecule has 3 nitrogen and oxygen atoms in total. The van der Waals surface area contributed by atoms with Crippen LogP contribution >= 0.6 is 0 Å². The molecule has 4 fully saturated rings. The van der Waals surface area contributed by atoms with Crippen LogP contribution in [0.15, 0.2) is 36.4 Å². The Kier molecular flexibility index (Phi) is 8.48. The zero-order valence-corrected chi connectivity index (χ0v) is 20.5. The molecule has 4 aliphatic rings. The van der Waals surface area contributed by atoms with Crippen LogP contribution in [0.1, 0.15) is 108 Å². The molecule has 3 aliphatic carbocycles. The Morgan fingerprint density at radius 2 is 1.69 bits per heavy atom. The number of fused-ring (bicyclic) bond motifs is 3. The third-order valence-corrected chi connectivity index (χ3v) is 8.53. The van der Waals surface area contributed by atoms with Crippen LogP contribution in [0.5, 0.6) is 0 Å². The largest absolute Gasteiger partial charge is 0.366 e. The van der Waals surface area contributed by atoms with Gasteiger partial charge in [0.2, 0.25) is 0 Å². The van der Waals surface area contributed by atoms with Crippen LogP contribution in [-0.4, -0.2) is 26.1 Å². The summed E-state index contributed by atoms with van der Waals surface area (Å²) in [6.45, 7) is 6.18. The minimum atomic E-state index is -0.225. The Morgan fingerprint density at radius 3 is 2.31 bits per heavy atom. The van der Waals surface area contributed by atoms with Crippen molar-refractivity contribution in [3.63, 3.8) is 0 Å². The van der Waals surface area contributed by atoms with Gasteiger partial charge in [0.1, 0.15) is 6.10 Å². The first-order valence-electron chi connectivity index (χ1n) is 13.3. The van der Waals surface area contributed by atoms with Crippen LogP contribution in [0.2, 0.25) is 0 Å². The van der Waals surface area contributed by atoms with E-state index in [1.807, 2.05) is 0 Å². The summed E-state index contributed by atoms with van der Waals surface area (Å²) in [7, 11) is 0. The quantitative estimate of drug-likeness (QED) is 0.261. The Hall–Kier alpha value is -1.16. The van der Waals surface area contributed by atoms with E-state index in [4.69, 9.17) is 14.2 Å². The number of rotatable bonds is 11. The van der Waals surface area contributed by atoms with Crippen LogP contribution in [0, 0.1) is 5.41 Å². The molecule has 1 saturated heterocycles. The summed E-state index contributed by atoms with van der Waals surface area (Å²) in [5.41, 5.74) is 3.90. The van der Waals surface area contributed by atoms with Gasteiger partial charge in [-0.1, -0.05) is 62.6 Å². The van der Waals surface area contributed by atoms with Gasteiger partial charge < -0.3 is 14.2 Å². The highest BCUT2D eigenvalue weighted by atomic mass is 16.7. The zero-order chi connectivity index (χ0) is 22.3. The van der Waals surface area contributed by atoms with Crippen molar-refractivity contribution in [3.8, 4) is 0 Å². The Morgan fingerprint density at radius 1 is 0.938 bits per heavy atom. The summed E-state index contributed by atoms with van der Waals surface area (Å²) >= 11 is 0. The molecule has 0 N–H and O–H groups in total. The molecule has 3 saturated carbocycles. The van der Waals surface area contributed by atoms with Gasteiger partial charge in [0.15, 0.2) is 6.29 Å². The zero-order valence-electron chi connectivity index (χ0n) is 20.5. The smallest absolute Gasteiger partial charge is 0.180 e. The standard InChI is InChI=1S/C29H44O3/c1-3-5-7-9-21-30-27-23-31-26(22-32-27)24-10-12-25(13-11-24)29-18-15-28(16-19-29,17-20-29)14-8-6-4-2/h3,5,10-13,26-27H,4,6-9,14-23H2,1-2H3/b5-3+. The molecular weight excluding hydrogens is 396 g/mol. The Labute approximate surface area is 195 Å². The molecule has 0 radical (unpaired) electrons. The van der Waals surface area contributed by atoms with Crippen molar-refractivity contribution in [1.82, 2.24) is 0 Å². The third-order valence-electron chi connectivity index (χ3n) is 8.53. The van der Waals surface area contributed by atoms with E-state index >= 15 is 0 Å². The first kappa shape index (κ1) is 24.0. The molecule has 0 spiro atoms. The van der Waals surface area contributed by atoms with Gasteiger partial charge in [-0.2, -0.15) is 0 Å². The summed E-state index contributed by atoms with van der Waals surface area (Å²) in [4.78, 5) is 0. The highest BCUT2D eigenvalue weighted by Crippen LogP contribution is 2.59. The SMILES string of the molecule is C/C=C/CCCOC1COC(c2ccc(C34CCC(CCCCC)(CC3)CC4)cc2)CO1.